The lowest BCUT2D eigenvalue weighted by Gasteiger charge is -2.34. The first-order valence-corrected chi connectivity index (χ1v) is 9.69. The predicted molar refractivity (Wildman–Crippen MR) is 96.2 cm³/mol. The molecule has 0 aliphatic carbocycles. The summed E-state index contributed by atoms with van der Waals surface area (Å²) < 4.78 is 28.7. The van der Waals surface area contributed by atoms with Gasteiger partial charge in [0.05, 0.1) is 4.90 Å². The normalized spacial score (nSPS) is 16.5. The quantitative estimate of drug-likeness (QED) is 0.808. The molecule has 1 aliphatic heterocycles. The van der Waals surface area contributed by atoms with Crippen LogP contribution in [0.15, 0.2) is 27.6 Å². The topological polar surface area (TPSA) is 49.4 Å². The minimum absolute atomic E-state index is 0. The number of nitrogens with one attached hydrogen (secondary N) is 1. The zero-order valence-electron chi connectivity index (χ0n) is 13.0. The standard InChI is InChI=1S/C15H23BrN2O2S.ClH/c1-3-10-18(14-6-8-17-9-7-14)21(19,20)15-5-4-13(16)11-12(15)2;/h4-5,11,14,17H,3,6-10H2,1-2H3;1H. The molecule has 1 saturated heterocycles. The Balaban J connectivity index is 0.00000242. The summed E-state index contributed by atoms with van der Waals surface area (Å²) in [5.74, 6) is 0. The largest absolute Gasteiger partial charge is 0.317 e. The number of sulfonamides is 1. The molecule has 126 valence electrons. The molecular weight excluding hydrogens is 388 g/mol. The van der Waals surface area contributed by atoms with Crippen molar-refractivity contribution in [1.29, 1.82) is 0 Å². The van der Waals surface area contributed by atoms with Crippen LogP contribution in [0.2, 0.25) is 0 Å². The molecule has 1 N–H and O–H groups in total. The lowest BCUT2D eigenvalue weighted by molar-refractivity contribution is 0.262. The second-order valence-corrected chi connectivity index (χ2v) is 8.28. The molecule has 0 bridgehead atoms. The van der Waals surface area contributed by atoms with Gasteiger partial charge in [0.25, 0.3) is 0 Å². The summed E-state index contributed by atoms with van der Waals surface area (Å²) in [6.07, 6.45) is 2.60. The van der Waals surface area contributed by atoms with Crippen molar-refractivity contribution in [3.05, 3.63) is 28.2 Å². The maximum Gasteiger partial charge on any atom is 0.243 e. The van der Waals surface area contributed by atoms with Gasteiger partial charge in [-0.25, -0.2) is 8.42 Å². The van der Waals surface area contributed by atoms with Crippen molar-refractivity contribution >= 4 is 38.4 Å². The fraction of sp³-hybridized carbons (Fsp3) is 0.600. The fourth-order valence-electron chi connectivity index (χ4n) is 2.84. The van der Waals surface area contributed by atoms with Gasteiger partial charge in [-0.3, -0.25) is 0 Å². The van der Waals surface area contributed by atoms with Crippen LogP contribution in [0.25, 0.3) is 0 Å². The number of nitrogens with zero attached hydrogens (tertiary/aromatic N) is 1. The zero-order valence-corrected chi connectivity index (χ0v) is 16.2. The highest BCUT2D eigenvalue weighted by Gasteiger charge is 2.32. The van der Waals surface area contributed by atoms with E-state index in [0.29, 0.717) is 11.4 Å². The van der Waals surface area contributed by atoms with Crippen LogP contribution in [0.5, 0.6) is 0 Å². The molecule has 1 heterocycles. The molecule has 1 aromatic rings. The van der Waals surface area contributed by atoms with E-state index in [1.165, 1.54) is 0 Å². The average Bonchev–Trinajstić information content (AvgIpc) is 2.45. The molecule has 0 aromatic heterocycles. The van der Waals surface area contributed by atoms with Gasteiger partial charge in [0, 0.05) is 17.1 Å². The van der Waals surface area contributed by atoms with Crippen LogP contribution in [0.3, 0.4) is 0 Å². The molecule has 1 aliphatic rings. The third-order valence-corrected chi connectivity index (χ3v) is 6.49. The number of hydrogen-bond acceptors (Lipinski definition) is 3. The summed E-state index contributed by atoms with van der Waals surface area (Å²) >= 11 is 3.39. The van der Waals surface area contributed by atoms with Crippen molar-refractivity contribution in [2.24, 2.45) is 0 Å². The molecule has 1 fully saturated rings. The molecule has 0 saturated carbocycles. The van der Waals surface area contributed by atoms with Gasteiger partial charge in [0.2, 0.25) is 10.0 Å². The lowest BCUT2D eigenvalue weighted by atomic mass is 10.1. The molecule has 7 heteroatoms. The van der Waals surface area contributed by atoms with Crippen LogP contribution in [0.1, 0.15) is 31.7 Å². The molecule has 0 unspecified atom stereocenters. The molecule has 0 spiro atoms. The van der Waals surface area contributed by atoms with Crippen LogP contribution < -0.4 is 5.32 Å². The van der Waals surface area contributed by atoms with Gasteiger partial charge in [0.1, 0.15) is 0 Å². The van der Waals surface area contributed by atoms with Crippen LogP contribution in [0.4, 0.5) is 0 Å². The van der Waals surface area contributed by atoms with Crippen molar-refractivity contribution in [1.82, 2.24) is 9.62 Å². The summed E-state index contributed by atoms with van der Waals surface area (Å²) in [6.45, 7) is 6.24. The summed E-state index contributed by atoms with van der Waals surface area (Å²) in [4.78, 5) is 0.428. The van der Waals surface area contributed by atoms with E-state index >= 15 is 0 Å². The number of halogens is 2. The van der Waals surface area contributed by atoms with E-state index < -0.39 is 10.0 Å². The number of rotatable bonds is 5. The molecule has 0 amide bonds. The Labute approximate surface area is 148 Å². The van der Waals surface area contributed by atoms with E-state index in [2.05, 4.69) is 21.2 Å². The lowest BCUT2D eigenvalue weighted by Crippen LogP contribution is -2.46. The van der Waals surface area contributed by atoms with Gasteiger partial charge >= 0.3 is 0 Å². The van der Waals surface area contributed by atoms with Crippen molar-refractivity contribution < 1.29 is 8.42 Å². The van der Waals surface area contributed by atoms with E-state index in [4.69, 9.17) is 0 Å². The van der Waals surface area contributed by atoms with Crippen molar-refractivity contribution in [2.45, 2.75) is 44.0 Å². The Morgan fingerprint density at radius 2 is 1.95 bits per heavy atom. The highest BCUT2D eigenvalue weighted by molar-refractivity contribution is 9.10. The summed E-state index contributed by atoms with van der Waals surface area (Å²) in [5.41, 5.74) is 0.791. The zero-order chi connectivity index (χ0) is 15.5. The molecule has 0 radical (unpaired) electrons. The van der Waals surface area contributed by atoms with Crippen molar-refractivity contribution in [3.8, 4) is 0 Å². The minimum atomic E-state index is -3.43. The first-order valence-electron chi connectivity index (χ1n) is 7.45. The molecule has 0 atom stereocenters. The van der Waals surface area contributed by atoms with Crippen molar-refractivity contribution in [3.63, 3.8) is 0 Å². The van der Waals surface area contributed by atoms with Gasteiger partial charge in [-0.2, -0.15) is 4.31 Å². The Bertz CT molecular complexity index is 589. The van der Waals surface area contributed by atoms with Crippen LogP contribution >= 0.6 is 28.3 Å². The predicted octanol–water partition coefficient (Wildman–Crippen LogP) is 3.33. The van der Waals surface area contributed by atoms with Crippen LogP contribution in [-0.4, -0.2) is 38.4 Å². The fourth-order valence-corrected chi connectivity index (χ4v) is 5.30. The Morgan fingerprint density at radius 1 is 1.32 bits per heavy atom. The highest BCUT2D eigenvalue weighted by atomic mass is 79.9. The summed E-state index contributed by atoms with van der Waals surface area (Å²) in [5, 5.41) is 3.29. The molecule has 4 nitrogen and oxygen atoms in total. The number of aryl methyl sites for hydroxylation is 1. The van der Waals surface area contributed by atoms with Gasteiger partial charge in [-0.1, -0.05) is 22.9 Å². The average molecular weight is 412 g/mol. The van der Waals surface area contributed by atoms with E-state index in [0.717, 1.165) is 42.4 Å². The van der Waals surface area contributed by atoms with Gasteiger partial charge in [-0.05, 0) is 63.0 Å². The first kappa shape index (κ1) is 19.9. The van der Waals surface area contributed by atoms with Crippen LogP contribution in [0, 0.1) is 6.92 Å². The third kappa shape index (κ3) is 4.45. The minimum Gasteiger partial charge on any atom is -0.317 e. The summed E-state index contributed by atoms with van der Waals surface area (Å²) in [7, 11) is -3.43. The third-order valence-electron chi connectivity index (χ3n) is 3.88. The molecular formula is C15H24BrClN2O2S. The molecule has 2 rings (SSSR count). The maximum absolute atomic E-state index is 13.0. The van der Waals surface area contributed by atoms with E-state index in [-0.39, 0.29) is 18.4 Å². The second kappa shape index (κ2) is 8.64. The van der Waals surface area contributed by atoms with Crippen LogP contribution in [-0.2, 0) is 10.0 Å². The first-order chi connectivity index (χ1) is 9.96. The van der Waals surface area contributed by atoms with Gasteiger partial charge in [-0.15, -0.1) is 12.4 Å². The van der Waals surface area contributed by atoms with Gasteiger partial charge in [0.15, 0.2) is 0 Å². The molecule has 22 heavy (non-hydrogen) atoms. The second-order valence-electron chi connectivity index (χ2n) is 5.51. The number of hydrogen-bond donors (Lipinski definition) is 1. The maximum atomic E-state index is 13.0. The van der Waals surface area contributed by atoms with E-state index in [1.54, 1.807) is 16.4 Å². The number of benzene rings is 1. The van der Waals surface area contributed by atoms with E-state index in [1.807, 2.05) is 19.9 Å². The number of piperidine rings is 1. The Kier molecular flexibility index (Phi) is 7.82. The van der Waals surface area contributed by atoms with E-state index in [9.17, 15) is 8.42 Å². The highest BCUT2D eigenvalue weighted by Crippen LogP contribution is 2.27. The monoisotopic (exact) mass is 410 g/mol. The van der Waals surface area contributed by atoms with Crippen molar-refractivity contribution in [2.75, 3.05) is 19.6 Å². The molecule has 1 aromatic carbocycles. The SMILES string of the molecule is CCCN(C1CCNCC1)S(=O)(=O)c1ccc(Br)cc1C.Cl. The Hall–Kier alpha value is -0.140. The smallest absolute Gasteiger partial charge is 0.243 e. The summed E-state index contributed by atoms with van der Waals surface area (Å²) in [6, 6.07) is 5.48. The Morgan fingerprint density at radius 3 is 2.50 bits per heavy atom. The van der Waals surface area contributed by atoms with Gasteiger partial charge < -0.3 is 5.32 Å².